The first-order chi connectivity index (χ1) is 15.7. The number of phenols is 1. The van der Waals surface area contributed by atoms with E-state index in [2.05, 4.69) is 19.9 Å². The summed E-state index contributed by atoms with van der Waals surface area (Å²) in [6.45, 7) is 2.03. The molecule has 6 aromatic rings. The zero-order valence-electron chi connectivity index (χ0n) is 17.1. The number of fused-ring (bicyclic) bond motifs is 4. The molecule has 0 saturated heterocycles. The zero-order valence-corrected chi connectivity index (χ0v) is 17.1. The monoisotopic (exact) mass is 419 g/mol. The standard InChI is InChI=1S/C25H17N5O2/c1-15-9-10-27-22(11-15)30-19-12-17(6-7-18(19)25-20(30)13-26-14-28-25)32-23-8-5-16-3-2-4-21(31)24(16)29-23/h2-14,31H,1H3. The Hall–Kier alpha value is -4.52. The van der Waals surface area contributed by atoms with Crippen molar-refractivity contribution in [1.29, 1.82) is 0 Å². The predicted octanol–water partition coefficient (Wildman–Crippen LogP) is 5.32. The summed E-state index contributed by atoms with van der Waals surface area (Å²) in [5, 5.41) is 11.9. The number of aromatic nitrogens is 5. The van der Waals surface area contributed by atoms with E-state index in [4.69, 9.17) is 4.74 Å². The average Bonchev–Trinajstić information content (AvgIpc) is 3.13. The molecule has 0 aliphatic heterocycles. The highest BCUT2D eigenvalue weighted by Crippen LogP contribution is 2.34. The maximum Gasteiger partial charge on any atom is 0.219 e. The van der Waals surface area contributed by atoms with Crippen LogP contribution in [0.2, 0.25) is 0 Å². The van der Waals surface area contributed by atoms with Crippen LogP contribution >= 0.6 is 0 Å². The molecular formula is C25H17N5O2. The third-order valence-corrected chi connectivity index (χ3v) is 5.42. The summed E-state index contributed by atoms with van der Waals surface area (Å²) in [6, 6.07) is 18.7. The molecule has 154 valence electrons. The summed E-state index contributed by atoms with van der Waals surface area (Å²) in [6.07, 6.45) is 5.13. The van der Waals surface area contributed by atoms with Gasteiger partial charge in [0.25, 0.3) is 0 Å². The number of rotatable bonds is 3. The Bertz CT molecular complexity index is 1640. The number of aryl methyl sites for hydroxylation is 1. The van der Waals surface area contributed by atoms with Crippen molar-refractivity contribution < 1.29 is 9.84 Å². The Balaban J connectivity index is 1.52. The van der Waals surface area contributed by atoms with E-state index < -0.39 is 0 Å². The molecule has 0 unspecified atom stereocenters. The summed E-state index contributed by atoms with van der Waals surface area (Å²) in [5.41, 5.74) is 4.22. The lowest BCUT2D eigenvalue weighted by Crippen LogP contribution is -1.98. The predicted molar refractivity (Wildman–Crippen MR) is 122 cm³/mol. The molecule has 0 spiro atoms. The summed E-state index contributed by atoms with van der Waals surface area (Å²) < 4.78 is 8.10. The quantitative estimate of drug-likeness (QED) is 0.418. The van der Waals surface area contributed by atoms with E-state index in [0.29, 0.717) is 17.1 Å². The van der Waals surface area contributed by atoms with Gasteiger partial charge in [0.15, 0.2) is 0 Å². The van der Waals surface area contributed by atoms with Gasteiger partial charge in [-0.3, -0.25) is 4.57 Å². The van der Waals surface area contributed by atoms with Crippen LogP contribution in [0.1, 0.15) is 5.56 Å². The lowest BCUT2D eigenvalue weighted by Gasteiger charge is -2.09. The molecule has 4 heterocycles. The summed E-state index contributed by atoms with van der Waals surface area (Å²) in [5.74, 6) is 1.91. The Morgan fingerprint density at radius 1 is 0.906 bits per heavy atom. The van der Waals surface area contributed by atoms with E-state index in [1.165, 1.54) is 0 Å². The van der Waals surface area contributed by atoms with Crippen molar-refractivity contribution in [2.24, 2.45) is 0 Å². The third-order valence-electron chi connectivity index (χ3n) is 5.42. The SMILES string of the molecule is Cc1ccnc(-n2c3cc(Oc4ccc5cccc(O)c5n4)ccc3c3ncncc32)c1. The lowest BCUT2D eigenvalue weighted by molar-refractivity contribution is 0.460. The van der Waals surface area contributed by atoms with E-state index in [0.717, 1.165) is 38.7 Å². The summed E-state index contributed by atoms with van der Waals surface area (Å²) in [7, 11) is 0. The largest absolute Gasteiger partial charge is 0.506 e. The van der Waals surface area contributed by atoms with Gasteiger partial charge < -0.3 is 9.84 Å². The van der Waals surface area contributed by atoms with Gasteiger partial charge in [-0.2, -0.15) is 0 Å². The number of phenolic OH excluding ortho intramolecular Hbond substituents is 1. The van der Waals surface area contributed by atoms with Crippen molar-refractivity contribution in [2.75, 3.05) is 0 Å². The van der Waals surface area contributed by atoms with Crippen LogP contribution < -0.4 is 4.74 Å². The van der Waals surface area contributed by atoms with Gasteiger partial charge in [-0.1, -0.05) is 12.1 Å². The molecule has 0 fully saturated rings. The molecule has 6 rings (SSSR count). The van der Waals surface area contributed by atoms with Gasteiger partial charge in [-0.15, -0.1) is 0 Å². The highest BCUT2D eigenvalue weighted by molar-refractivity contribution is 6.07. The first kappa shape index (κ1) is 18.3. The fraction of sp³-hybridized carbons (Fsp3) is 0.0400. The number of ether oxygens (including phenoxy) is 1. The van der Waals surface area contributed by atoms with Gasteiger partial charge in [-0.25, -0.2) is 19.9 Å². The highest BCUT2D eigenvalue weighted by atomic mass is 16.5. The summed E-state index contributed by atoms with van der Waals surface area (Å²) >= 11 is 0. The van der Waals surface area contributed by atoms with E-state index in [9.17, 15) is 5.11 Å². The minimum atomic E-state index is 0.118. The molecule has 7 heteroatoms. The van der Waals surface area contributed by atoms with E-state index in [-0.39, 0.29) is 5.75 Å². The van der Waals surface area contributed by atoms with Crippen LogP contribution in [-0.4, -0.2) is 29.6 Å². The third kappa shape index (κ3) is 2.91. The molecule has 32 heavy (non-hydrogen) atoms. The Morgan fingerprint density at radius 2 is 1.84 bits per heavy atom. The lowest BCUT2D eigenvalue weighted by atomic mass is 10.2. The highest BCUT2D eigenvalue weighted by Gasteiger charge is 2.16. The molecule has 0 aliphatic carbocycles. The van der Waals surface area contributed by atoms with E-state index >= 15 is 0 Å². The van der Waals surface area contributed by atoms with Crippen molar-refractivity contribution in [3.8, 4) is 23.2 Å². The van der Waals surface area contributed by atoms with Crippen molar-refractivity contribution >= 4 is 32.8 Å². The minimum Gasteiger partial charge on any atom is -0.506 e. The van der Waals surface area contributed by atoms with Crippen molar-refractivity contribution in [1.82, 2.24) is 24.5 Å². The second kappa shape index (κ2) is 7.02. The second-order valence-electron chi connectivity index (χ2n) is 7.56. The maximum absolute atomic E-state index is 10.1. The molecule has 7 nitrogen and oxygen atoms in total. The van der Waals surface area contributed by atoms with Crippen molar-refractivity contribution in [2.45, 2.75) is 6.92 Å². The molecular weight excluding hydrogens is 402 g/mol. The number of pyridine rings is 2. The number of aromatic hydroxyl groups is 1. The number of hydrogen-bond acceptors (Lipinski definition) is 6. The second-order valence-corrected chi connectivity index (χ2v) is 7.56. The van der Waals surface area contributed by atoms with Crippen molar-refractivity contribution in [3.63, 3.8) is 0 Å². The van der Waals surface area contributed by atoms with E-state index in [1.54, 1.807) is 36.9 Å². The molecule has 1 N–H and O–H groups in total. The van der Waals surface area contributed by atoms with Gasteiger partial charge in [0.2, 0.25) is 5.88 Å². The van der Waals surface area contributed by atoms with Crippen LogP contribution in [0.25, 0.3) is 38.7 Å². The average molecular weight is 419 g/mol. The fourth-order valence-electron chi connectivity index (χ4n) is 3.96. The molecule has 2 aromatic carbocycles. The number of hydrogen-bond donors (Lipinski definition) is 1. The Morgan fingerprint density at radius 3 is 2.75 bits per heavy atom. The Kier molecular flexibility index (Phi) is 4.01. The van der Waals surface area contributed by atoms with Crippen LogP contribution in [0.5, 0.6) is 17.4 Å². The fourth-order valence-corrected chi connectivity index (χ4v) is 3.96. The molecule has 0 atom stereocenters. The first-order valence-corrected chi connectivity index (χ1v) is 10.1. The minimum absolute atomic E-state index is 0.118. The molecule has 0 radical (unpaired) electrons. The van der Waals surface area contributed by atoms with Crippen LogP contribution in [0.4, 0.5) is 0 Å². The van der Waals surface area contributed by atoms with Crippen LogP contribution in [0.15, 0.2) is 79.4 Å². The topological polar surface area (TPSA) is 86.0 Å². The normalized spacial score (nSPS) is 11.4. The molecule has 0 amide bonds. The molecule has 0 aliphatic rings. The van der Waals surface area contributed by atoms with Gasteiger partial charge >= 0.3 is 0 Å². The number of benzene rings is 2. The molecule has 0 bridgehead atoms. The van der Waals surface area contributed by atoms with Crippen LogP contribution in [0.3, 0.4) is 0 Å². The maximum atomic E-state index is 10.1. The molecule has 0 saturated carbocycles. The van der Waals surface area contributed by atoms with Gasteiger partial charge in [0.05, 0.1) is 22.7 Å². The zero-order chi connectivity index (χ0) is 21.7. The van der Waals surface area contributed by atoms with Crippen LogP contribution in [0, 0.1) is 6.92 Å². The van der Waals surface area contributed by atoms with Gasteiger partial charge in [-0.05, 0) is 48.9 Å². The van der Waals surface area contributed by atoms with Crippen molar-refractivity contribution in [3.05, 3.63) is 84.9 Å². The first-order valence-electron chi connectivity index (χ1n) is 10.1. The number of para-hydroxylation sites is 1. The Labute approximate surface area is 182 Å². The van der Waals surface area contributed by atoms with Crippen LogP contribution in [-0.2, 0) is 0 Å². The van der Waals surface area contributed by atoms with E-state index in [1.807, 2.05) is 54.0 Å². The number of nitrogens with zero attached hydrogens (tertiary/aromatic N) is 5. The van der Waals surface area contributed by atoms with Gasteiger partial charge in [0.1, 0.15) is 29.2 Å². The van der Waals surface area contributed by atoms with Gasteiger partial charge in [0, 0.05) is 29.1 Å². The molecule has 4 aromatic heterocycles. The smallest absolute Gasteiger partial charge is 0.219 e. The summed E-state index contributed by atoms with van der Waals surface area (Å²) in [4.78, 5) is 17.8.